The third-order valence-electron chi connectivity index (χ3n) is 4.93. The van der Waals surface area contributed by atoms with Crippen LogP contribution in [0.2, 0.25) is 0 Å². The average molecular weight is 403 g/mol. The summed E-state index contributed by atoms with van der Waals surface area (Å²) in [5.74, 6) is 2.92. The van der Waals surface area contributed by atoms with Gasteiger partial charge in [0.2, 0.25) is 0 Å². The summed E-state index contributed by atoms with van der Waals surface area (Å²) >= 11 is 1.32. The van der Waals surface area contributed by atoms with Crippen molar-refractivity contribution in [2.75, 3.05) is 23.3 Å². The van der Waals surface area contributed by atoms with Crippen LogP contribution in [0, 0.1) is 12.3 Å². The highest BCUT2D eigenvalue weighted by molar-refractivity contribution is 7.10. The largest absolute Gasteiger partial charge is 0.372 e. The maximum atomic E-state index is 12.0. The van der Waals surface area contributed by atoms with Crippen LogP contribution in [-0.4, -0.2) is 24.1 Å². The van der Waals surface area contributed by atoms with E-state index in [9.17, 15) is 4.79 Å². The van der Waals surface area contributed by atoms with Gasteiger partial charge in [0.25, 0.3) is 0 Å². The molecule has 2 heterocycles. The minimum Gasteiger partial charge on any atom is -0.372 e. The Morgan fingerprint density at radius 3 is 2.66 bits per heavy atom. The lowest BCUT2D eigenvalue weighted by Crippen LogP contribution is -2.28. The minimum atomic E-state index is -0.304. The van der Waals surface area contributed by atoms with E-state index in [0.29, 0.717) is 17.4 Å². The molecule has 0 radical (unpaired) electrons. The second kappa shape index (κ2) is 8.80. The van der Waals surface area contributed by atoms with Gasteiger partial charge < -0.3 is 10.2 Å². The monoisotopic (exact) mass is 402 g/mol. The number of amides is 2. The maximum absolute atomic E-state index is 12.0. The smallest absolute Gasteiger partial charge is 0.320 e. The van der Waals surface area contributed by atoms with Gasteiger partial charge in [0.05, 0.1) is 0 Å². The normalized spacial score (nSPS) is 13.1. The number of nitrogens with one attached hydrogen (secondary N) is 2. The van der Waals surface area contributed by atoms with Gasteiger partial charge in [-0.05, 0) is 47.6 Å². The zero-order chi connectivity index (χ0) is 20.1. The molecule has 0 unspecified atom stereocenters. The Kier molecular flexibility index (Phi) is 5.78. The topological polar surface area (TPSA) is 57.3 Å². The molecule has 2 amide bonds. The molecular weight excluding hydrogens is 380 g/mol. The van der Waals surface area contributed by atoms with Gasteiger partial charge in [-0.15, -0.1) is 17.8 Å². The Hall–Kier alpha value is -3.30. The van der Waals surface area contributed by atoms with E-state index in [4.69, 9.17) is 6.42 Å². The van der Waals surface area contributed by atoms with E-state index < -0.39 is 0 Å². The highest BCUT2D eigenvalue weighted by Gasteiger charge is 2.12. The number of benzene rings is 2. The van der Waals surface area contributed by atoms with Gasteiger partial charge in [0.1, 0.15) is 5.82 Å². The molecule has 146 valence electrons. The first-order chi connectivity index (χ1) is 14.2. The number of carbonyl (C=O) groups excluding carboxylic acids is 1. The van der Waals surface area contributed by atoms with Crippen molar-refractivity contribution in [1.82, 2.24) is 10.3 Å². The lowest BCUT2D eigenvalue weighted by Gasteiger charge is -2.18. The summed E-state index contributed by atoms with van der Waals surface area (Å²) < 4.78 is 0. The molecule has 0 spiro atoms. The Morgan fingerprint density at radius 2 is 1.93 bits per heavy atom. The van der Waals surface area contributed by atoms with Crippen molar-refractivity contribution in [3.05, 3.63) is 64.5 Å². The molecule has 29 heavy (non-hydrogen) atoms. The fourth-order valence-corrected chi connectivity index (χ4v) is 3.97. The van der Waals surface area contributed by atoms with Gasteiger partial charge >= 0.3 is 6.03 Å². The molecule has 5 nitrogen and oxygen atoms in total. The van der Waals surface area contributed by atoms with Gasteiger partial charge in [-0.2, -0.15) is 0 Å². The fourth-order valence-electron chi connectivity index (χ4n) is 3.41. The van der Waals surface area contributed by atoms with Gasteiger partial charge in [-0.1, -0.05) is 36.4 Å². The number of urea groups is 1. The second-order valence-electron chi connectivity index (χ2n) is 6.93. The van der Waals surface area contributed by atoms with Crippen molar-refractivity contribution < 1.29 is 4.79 Å². The van der Waals surface area contributed by atoms with E-state index >= 15 is 0 Å². The minimum absolute atomic E-state index is 0.304. The summed E-state index contributed by atoms with van der Waals surface area (Å²) in [4.78, 5) is 18.6. The first-order valence-electron chi connectivity index (χ1n) is 9.62. The first-order valence-corrected chi connectivity index (χ1v) is 10.5. The number of rotatable bonds is 5. The van der Waals surface area contributed by atoms with Crippen LogP contribution in [0.1, 0.15) is 23.4 Å². The number of hydrogen-bond acceptors (Lipinski definition) is 4. The predicted molar refractivity (Wildman–Crippen MR) is 119 cm³/mol. The third kappa shape index (κ3) is 4.76. The van der Waals surface area contributed by atoms with Crippen molar-refractivity contribution in [2.45, 2.75) is 19.4 Å². The molecule has 6 heteroatoms. The number of carbonyl (C=O) groups is 1. The van der Waals surface area contributed by atoms with Gasteiger partial charge in [0, 0.05) is 30.7 Å². The maximum Gasteiger partial charge on any atom is 0.320 e. The molecule has 0 atom stereocenters. The van der Waals surface area contributed by atoms with Crippen molar-refractivity contribution in [2.24, 2.45) is 0 Å². The number of nitrogens with zero attached hydrogens (tertiary/aromatic N) is 2. The molecule has 2 aromatic carbocycles. The van der Waals surface area contributed by atoms with Gasteiger partial charge in [-0.3, -0.25) is 5.32 Å². The summed E-state index contributed by atoms with van der Waals surface area (Å²) in [7, 11) is 0. The number of aromatic nitrogens is 1. The standard InChI is InChI=1S/C23H22N4OS/c1-2-22-25-21(16-29-22)26-23(28)24-15-17-8-10-18(11-9-17)19-6-5-7-20(14-19)27-12-3-4-13-27/h1,5-11,14,16H,3-4,12-13,15H2,(H2,24,26,28). The number of thiazole rings is 1. The molecule has 1 aliphatic heterocycles. The van der Waals surface area contributed by atoms with Crippen LogP contribution < -0.4 is 15.5 Å². The third-order valence-corrected chi connectivity index (χ3v) is 5.70. The van der Waals surface area contributed by atoms with Crippen LogP contribution in [-0.2, 0) is 6.54 Å². The van der Waals surface area contributed by atoms with Crippen LogP contribution in [0.15, 0.2) is 53.9 Å². The molecule has 0 saturated carbocycles. The van der Waals surface area contributed by atoms with E-state index in [1.54, 1.807) is 5.38 Å². The van der Waals surface area contributed by atoms with Crippen LogP contribution in [0.3, 0.4) is 0 Å². The Balaban J connectivity index is 1.35. The summed E-state index contributed by atoms with van der Waals surface area (Å²) in [5, 5.41) is 7.79. The van der Waals surface area contributed by atoms with Gasteiger partial charge in [-0.25, -0.2) is 9.78 Å². The summed E-state index contributed by atoms with van der Waals surface area (Å²) in [6.07, 6.45) is 7.83. The van der Waals surface area contributed by atoms with E-state index in [0.717, 1.165) is 18.7 Å². The summed E-state index contributed by atoms with van der Waals surface area (Å²) in [6, 6.07) is 16.7. The lowest BCUT2D eigenvalue weighted by atomic mass is 10.0. The summed E-state index contributed by atoms with van der Waals surface area (Å²) in [5.41, 5.74) is 4.70. The zero-order valence-corrected chi connectivity index (χ0v) is 16.8. The molecule has 1 saturated heterocycles. The highest BCUT2D eigenvalue weighted by Crippen LogP contribution is 2.27. The molecule has 2 N–H and O–H groups in total. The van der Waals surface area contributed by atoms with Crippen LogP contribution in [0.25, 0.3) is 11.1 Å². The Labute approximate surface area is 174 Å². The van der Waals surface area contributed by atoms with Crippen LogP contribution in [0.4, 0.5) is 16.3 Å². The fraction of sp³-hybridized carbons (Fsp3) is 0.217. The summed E-state index contributed by atoms with van der Waals surface area (Å²) in [6.45, 7) is 2.72. The number of hydrogen-bond donors (Lipinski definition) is 2. The SMILES string of the molecule is C#Cc1nc(NC(=O)NCc2ccc(-c3cccc(N4CCCC4)c3)cc2)cs1. The van der Waals surface area contributed by atoms with E-state index in [1.807, 2.05) is 12.1 Å². The zero-order valence-electron chi connectivity index (χ0n) is 16.0. The second-order valence-corrected chi connectivity index (χ2v) is 7.79. The number of terminal acetylenes is 1. The van der Waals surface area contributed by atoms with Gasteiger partial charge in [0.15, 0.2) is 5.01 Å². The van der Waals surface area contributed by atoms with Crippen LogP contribution in [0.5, 0.6) is 0 Å². The molecule has 4 rings (SSSR count). The highest BCUT2D eigenvalue weighted by atomic mass is 32.1. The average Bonchev–Trinajstić information content (AvgIpc) is 3.45. The van der Waals surface area contributed by atoms with Crippen molar-refractivity contribution >= 4 is 28.9 Å². The van der Waals surface area contributed by atoms with Crippen molar-refractivity contribution in [3.63, 3.8) is 0 Å². The Bertz CT molecular complexity index is 1030. The van der Waals surface area contributed by atoms with E-state index in [1.165, 1.54) is 41.0 Å². The number of anilines is 2. The predicted octanol–water partition coefficient (Wildman–Crippen LogP) is 4.71. The molecular formula is C23H22N4OS. The van der Waals surface area contributed by atoms with Crippen molar-refractivity contribution in [3.8, 4) is 23.5 Å². The molecule has 0 bridgehead atoms. The Morgan fingerprint density at radius 1 is 1.14 bits per heavy atom. The molecule has 0 aliphatic carbocycles. The molecule has 3 aromatic rings. The molecule has 1 fully saturated rings. The quantitative estimate of drug-likeness (QED) is 0.608. The van der Waals surface area contributed by atoms with Crippen molar-refractivity contribution in [1.29, 1.82) is 0 Å². The molecule has 1 aromatic heterocycles. The molecule has 1 aliphatic rings. The van der Waals surface area contributed by atoms with E-state index in [2.05, 4.69) is 62.8 Å². The van der Waals surface area contributed by atoms with E-state index in [-0.39, 0.29) is 6.03 Å². The van der Waals surface area contributed by atoms with Crippen LogP contribution >= 0.6 is 11.3 Å². The first kappa shape index (κ1) is 19.0. The lowest BCUT2D eigenvalue weighted by molar-refractivity contribution is 0.251.